The van der Waals surface area contributed by atoms with Crippen molar-refractivity contribution in [1.29, 1.82) is 0 Å². The molecule has 0 heterocycles. The fraction of sp³-hybridized carbons (Fsp3) is 0.400. The smallest absolute Gasteiger partial charge is 0.123 e. The SMILES string of the molecule is CNC(C)Cc1cc(F)ccc1Br. The van der Waals surface area contributed by atoms with Crippen LogP contribution in [0.4, 0.5) is 4.39 Å². The third kappa shape index (κ3) is 3.08. The monoisotopic (exact) mass is 245 g/mol. The van der Waals surface area contributed by atoms with Crippen molar-refractivity contribution in [2.24, 2.45) is 0 Å². The second-order valence-corrected chi connectivity index (χ2v) is 3.98. The third-order valence-electron chi connectivity index (χ3n) is 2.03. The van der Waals surface area contributed by atoms with Gasteiger partial charge < -0.3 is 5.32 Å². The fourth-order valence-corrected chi connectivity index (χ4v) is 1.54. The standard InChI is InChI=1S/C10H13BrFN/c1-7(13-2)5-8-6-9(12)3-4-10(8)11/h3-4,6-7,13H,5H2,1-2H3. The van der Waals surface area contributed by atoms with Gasteiger partial charge >= 0.3 is 0 Å². The minimum Gasteiger partial charge on any atom is -0.317 e. The van der Waals surface area contributed by atoms with Gasteiger partial charge in [0.05, 0.1) is 0 Å². The molecule has 1 aromatic carbocycles. The summed E-state index contributed by atoms with van der Waals surface area (Å²) in [6.45, 7) is 2.07. The Morgan fingerprint density at radius 2 is 2.23 bits per heavy atom. The van der Waals surface area contributed by atoms with Crippen LogP contribution in [0.1, 0.15) is 12.5 Å². The van der Waals surface area contributed by atoms with E-state index in [9.17, 15) is 4.39 Å². The number of hydrogen-bond acceptors (Lipinski definition) is 1. The molecule has 13 heavy (non-hydrogen) atoms. The summed E-state index contributed by atoms with van der Waals surface area (Å²) in [7, 11) is 1.90. The first-order chi connectivity index (χ1) is 6.13. The van der Waals surface area contributed by atoms with Gasteiger partial charge in [-0.05, 0) is 44.2 Å². The van der Waals surface area contributed by atoms with E-state index in [1.54, 1.807) is 12.1 Å². The lowest BCUT2D eigenvalue weighted by molar-refractivity contribution is 0.596. The molecule has 1 atom stereocenters. The molecule has 1 N–H and O–H groups in total. The zero-order valence-electron chi connectivity index (χ0n) is 7.77. The Hall–Kier alpha value is -0.410. The summed E-state index contributed by atoms with van der Waals surface area (Å²) < 4.78 is 13.8. The summed E-state index contributed by atoms with van der Waals surface area (Å²) in [4.78, 5) is 0. The molecule has 0 aliphatic heterocycles. The van der Waals surface area contributed by atoms with Crippen LogP contribution in [0, 0.1) is 5.82 Å². The molecule has 1 nitrogen and oxygen atoms in total. The third-order valence-corrected chi connectivity index (χ3v) is 2.80. The van der Waals surface area contributed by atoms with Crippen molar-refractivity contribution in [2.75, 3.05) is 7.05 Å². The van der Waals surface area contributed by atoms with Gasteiger partial charge in [-0.1, -0.05) is 15.9 Å². The van der Waals surface area contributed by atoms with Crippen LogP contribution in [-0.4, -0.2) is 13.1 Å². The topological polar surface area (TPSA) is 12.0 Å². The van der Waals surface area contributed by atoms with E-state index >= 15 is 0 Å². The lowest BCUT2D eigenvalue weighted by Gasteiger charge is -2.11. The van der Waals surface area contributed by atoms with E-state index < -0.39 is 0 Å². The highest BCUT2D eigenvalue weighted by Crippen LogP contribution is 2.19. The molecule has 0 saturated heterocycles. The van der Waals surface area contributed by atoms with Gasteiger partial charge in [-0.2, -0.15) is 0 Å². The molecule has 1 aromatic rings. The molecule has 0 fully saturated rings. The summed E-state index contributed by atoms with van der Waals surface area (Å²) in [5, 5.41) is 3.12. The number of hydrogen-bond donors (Lipinski definition) is 1. The second kappa shape index (κ2) is 4.72. The maximum absolute atomic E-state index is 12.9. The minimum absolute atomic E-state index is 0.179. The molecule has 1 unspecified atom stereocenters. The molecule has 0 saturated carbocycles. The molecular weight excluding hydrogens is 233 g/mol. The van der Waals surface area contributed by atoms with Gasteiger partial charge in [0.2, 0.25) is 0 Å². The molecule has 0 amide bonds. The van der Waals surface area contributed by atoms with Gasteiger partial charge in [0, 0.05) is 10.5 Å². The molecule has 1 rings (SSSR count). The van der Waals surface area contributed by atoms with Crippen molar-refractivity contribution >= 4 is 15.9 Å². The number of nitrogens with one attached hydrogen (secondary N) is 1. The molecular formula is C10H13BrFN. The average molecular weight is 246 g/mol. The van der Waals surface area contributed by atoms with Gasteiger partial charge in [-0.25, -0.2) is 4.39 Å². The van der Waals surface area contributed by atoms with E-state index in [2.05, 4.69) is 28.2 Å². The van der Waals surface area contributed by atoms with Crippen LogP contribution in [0.15, 0.2) is 22.7 Å². The zero-order valence-corrected chi connectivity index (χ0v) is 9.36. The van der Waals surface area contributed by atoms with Crippen molar-refractivity contribution in [3.05, 3.63) is 34.1 Å². The van der Waals surface area contributed by atoms with Crippen molar-refractivity contribution in [1.82, 2.24) is 5.32 Å². The first kappa shape index (κ1) is 10.7. The molecule has 0 aliphatic rings. The lowest BCUT2D eigenvalue weighted by atomic mass is 10.1. The Balaban J connectivity index is 2.81. The molecule has 0 radical (unpaired) electrons. The van der Waals surface area contributed by atoms with Crippen LogP contribution in [-0.2, 0) is 6.42 Å². The number of likely N-dealkylation sites (N-methyl/N-ethyl adjacent to an activating group) is 1. The fourth-order valence-electron chi connectivity index (χ4n) is 1.13. The van der Waals surface area contributed by atoms with E-state index in [0.29, 0.717) is 6.04 Å². The highest BCUT2D eigenvalue weighted by atomic mass is 79.9. The molecule has 0 aromatic heterocycles. The predicted molar refractivity (Wildman–Crippen MR) is 56.3 cm³/mol. The highest BCUT2D eigenvalue weighted by Gasteiger charge is 2.05. The van der Waals surface area contributed by atoms with Crippen molar-refractivity contribution in [3.8, 4) is 0 Å². The predicted octanol–water partition coefficient (Wildman–Crippen LogP) is 2.74. The Morgan fingerprint density at radius 1 is 1.54 bits per heavy atom. The van der Waals surface area contributed by atoms with Crippen LogP contribution < -0.4 is 5.32 Å². The maximum atomic E-state index is 12.9. The Labute approximate surface area is 86.5 Å². The Bertz CT molecular complexity index is 288. The molecule has 72 valence electrons. The summed E-state index contributed by atoms with van der Waals surface area (Å²) in [6.07, 6.45) is 0.828. The first-order valence-corrected chi connectivity index (χ1v) is 5.04. The normalized spacial score (nSPS) is 12.9. The molecule has 0 bridgehead atoms. The van der Waals surface area contributed by atoms with E-state index in [1.807, 2.05) is 7.05 Å². The first-order valence-electron chi connectivity index (χ1n) is 4.24. The van der Waals surface area contributed by atoms with Crippen LogP contribution in [0.3, 0.4) is 0 Å². The van der Waals surface area contributed by atoms with Crippen LogP contribution in [0.2, 0.25) is 0 Å². The summed E-state index contributed by atoms with van der Waals surface area (Å²) in [5.41, 5.74) is 1.00. The van der Waals surface area contributed by atoms with E-state index in [-0.39, 0.29) is 5.82 Å². The Kier molecular flexibility index (Phi) is 3.88. The van der Waals surface area contributed by atoms with Gasteiger partial charge in [-0.3, -0.25) is 0 Å². The van der Waals surface area contributed by atoms with E-state index in [1.165, 1.54) is 6.07 Å². The van der Waals surface area contributed by atoms with Crippen molar-refractivity contribution in [3.63, 3.8) is 0 Å². The van der Waals surface area contributed by atoms with Crippen molar-refractivity contribution < 1.29 is 4.39 Å². The van der Waals surface area contributed by atoms with E-state index in [0.717, 1.165) is 16.5 Å². The lowest BCUT2D eigenvalue weighted by Crippen LogP contribution is -2.23. The van der Waals surface area contributed by atoms with Gasteiger partial charge in [-0.15, -0.1) is 0 Å². The Morgan fingerprint density at radius 3 is 2.85 bits per heavy atom. The van der Waals surface area contributed by atoms with Crippen LogP contribution in [0.5, 0.6) is 0 Å². The number of rotatable bonds is 3. The molecule has 0 aliphatic carbocycles. The van der Waals surface area contributed by atoms with Crippen molar-refractivity contribution in [2.45, 2.75) is 19.4 Å². The molecule has 3 heteroatoms. The maximum Gasteiger partial charge on any atom is 0.123 e. The van der Waals surface area contributed by atoms with Crippen LogP contribution in [0.25, 0.3) is 0 Å². The largest absolute Gasteiger partial charge is 0.317 e. The minimum atomic E-state index is -0.179. The summed E-state index contributed by atoms with van der Waals surface area (Å²) >= 11 is 3.39. The second-order valence-electron chi connectivity index (χ2n) is 3.13. The average Bonchev–Trinajstić information content (AvgIpc) is 2.11. The zero-order chi connectivity index (χ0) is 9.84. The number of halogens is 2. The van der Waals surface area contributed by atoms with Gasteiger partial charge in [0.15, 0.2) is 0 Å². The summed E-state index contributed by atoms with van der Waals surface area (Å²) in [5.74, 6) is -0.179. The highest BCUT2D eigenvalue weighted by molar-refractivity contribution is 9.10. The van der Waals surface area contributed by atoms with Gasteiger partial charge in [0.25, 0.3) is 0 Å². The van der Waals surface area contributed by atoms with Gasteiger partial charge in [0.1, 0.15) is 5.82 Å². The number of benzene rings is 1. The van der Waals surface area contributed by atoms with E-state index in [4.69, 9.17) is 0 Å². The quantitative estimate of drug-likeness (QED) is 0.864. The molecule has 0 spiro atoms. The van der Waals surface area contributed by atoms with Crippen LogP contribution >= 0.6 is 15.9 Å². The summed E-state index contributed by atoms with van der Waals surface area (Å²) in [6, 6.07) is 5.13.